The molecule has 4 saturated carbocycles. The van der Waals surface area contributed by atoms with E-state index in [-0.39, 0.29) is 23.1 Å². The van der Waals surface area contributed by atoms with Crippen molar-refractivity contribution < 1.29 is 57.6 Å². The minimum atomic E-state index is -4.63. The molecule has 8 atom stereocenters. The molecule has 40 heavy (non-hydrogen) atoms. The molecular formula is C27H34ClF3O9. The van der Waals surface area contributed by atoms with Gasteiger partial charge in [0.1, 0.15) is 36.8 Å². The van der Waals surface area contributed by atoms with E-state index in [1.807, 2.05) is 6.92 Å². The van der Waals surface area contributed by atoms with Gasteiger partial charge in [-0.2, -0.15) is 18.1 Å². The molecule has 0 radical (unpaired) electrons. The van der Waals surface area contributed by atoms with E-state index in [4.69, 9.17) is 35.6 Å². The van der Waals surface area contributed by atoms with Crippen molar-refractivity contribution in [2.24, 2.45) is 17.8 Å². The molecule has 4 N–H and O–H groups in total. The van der Waals surface area contributed by atoms with Gasteiger partial charge in [0.15, 0.2) is 5.60 Å². The fraction of sp³-hybridized carbons (Fsp3) is 0.778. The zero-order valence-corrected chi connectivity index (χ0v) is 22.6. The van der Waals surface area contributed by atoms with Gasteiger partial charge in [-0.25, -0.2) is 4.89 Å². The number of hydrogen-bond donors (Lipinski definition) is 4. The highest BCUT2D eigenvalue weighted by Gasteiger charge is 2.78. The van der Waals surface area contributed by atoms with Gasteiger partial charge in [0.05, 0.1) is 6.61 Å². The highest BCUT2D eigenvalue weighted by Crippen LogP contribution is 2.71. The van der Waals surface area contributed by atoms with Gasteiger partial charge < -0.3 is 34.6 Å². The van der Waals surface area contributed by atoms with Crippen molar-refractivity contribution in [3.8, 4) is 5.75 Å². The molecule has 1 spiro atoms. The average Bonchev–Trinajstić information content (AvgIpc) is 2.87. The predicted octanol–water partition coefficient (Wildman–Crippen LogP) is 2.68. The number of benzene rings is 1. The van der Waals surface area contributed by atoms with Crippen LogP contribution in [0.5, 0.6) is 5.75 Å². The second-order valence-corrected chi connectivity index (χ2v) is 12.8. The van der Waals surface area contributed by atoms with Crippen molar-refractivity contribution in [1.82, 2.24) is 0 Å². The van der Waals surface area contributed by atoms with Crippen molar-refractivity contribution in [2.75, 3.05) is 13.2 Å². The first-order valence-corrected chi connectivity index (χ1v) is 14.1. The fourth-order valence-corrected chi connectivity index (χ4v) is 8.48. The normalized spacial score (nSPS) is 46.0. The molecule has 13 heteroatoms. The van der Waals surface area contributed by atoms with E-state index in [0.29, 0.717) is 30.7 Å². The summed E-state index contributed by atoms with van der Waals surface area (Å²) in [6.07, 6.45) is -8.25. The van der Waals surface area contributed by atoms with Crippen molar-refractivity contribution in [1.29, 1.82) is 0 Å². The van der Waals surface area contributed by atoms with Gasteiger partial charge >= 0.3 is 6.18 Å². The molecule has 8 unspecified atom stereocenters. The molecule has 2 saturated heterocycles. The maximum atomic E-state index is 13.6. The zero-order chi connectivity index (χ0) is 28.7. The summed E-state index contributed by atoms with van der Waals surface area (Å²) in [5, 5.41) is 40.4. The lowest BCUT2D eigenvalue weighted by molar-refractivity contribution is -0.650. The van der Waals surface area contributed by atoms with Crippen LogP contribution in [-0.2, 0) is 31.5 Å². The number of aliphatic hydroxyl groups is 4. The number of halogens is 4. The van der Waals surface area contributed by atoms with Gasteiger partial charge in [0.25, 0.3) is 5.79 Å². The van der Waals surface area contributed by atoms with Crippen LogP contribution in [0.1, 0.15) is 50.2 Å². The van der Waals surface area contributed by atoms with E-state index in [1.54, 1.807) is 12.1 Å². The van der Waals surface area contributed by atoms with E-state index in [1.165, 1.54) is 6.07 Å². The van der Waals surface area contributed by atoms with E-state index in [0.717, 1.165) is 19.3 Å². The summed E-state index contributed by atoms with van der Waals surface area (Å²) in [6, 6.07) is 4.78. The Hall–Kier alpha value is -1.22. The minimum Gasteiger partial charge on any atom is -0.462 e. The quantitative estimate of drug-likeness (QED) is 0.278. The SMILES string of the molecule is CCc1ccc(C2(OCC(F)(F)F)OOC23C2CC4CC3CC(Cl)(C4)C2)cc1OC1OC(CO)C(O)C(O)C1O. The molecule has 6 aliphatic rings. The lowest BCUT2D eigenvalue weighted by atomic mass is 9.46. The summed E-state index contributed by atoms with van der Waals surface area (Å²) in [5.74, 6) is -1.74. The van der Waals surface area contributed by atoms with Gasteiger partial charge in [-0.1, -0.05) is 19.1 Å². The van der Waals surface area contributed by atoms with Crippen LogP contribution < -0.4 is 4.74 Å². The minimum absolute atomic E-state index is 0.155. The molecule has 4 bridgehead atoms. The summed E-state index contributed by atoms with van der Waals surface area (Å²) < 4.78 is 57.8. The number of alkyl halides is 4. The van der Waals surface area contributed by atoms with E-state index < -0.39 is 66.4 Å². The Bertz CT molecular complexity index is 1100. The third-order valence-corrected chi connectivity index (χ3v) is 9.96. The zero-order valence-electron chi connectivity index (χ0n) is 21.8. The summed E-state index contributed by atoms with van der Waals surface area (Å²) in [4.78, 5) is 11.0. The molecule has 4 aliphatic carbocycles. The molecule has 0 amide bonds. The first-order valence-electron chi connectivity index (χ1n) is 13.7. The Balaban J connectivity index is 1.38. The van der Waals surface area contributed by atoms with Crippen molar-refractivity contribution in [3.05, 3.63) is 29.3 Å². The Morgan fingerprint density at radius 2 is 1.73 bits per heavy atom. The molecule has 7 rings (SSSR count). The highest BCUT2D eigenvalue weighted by atomic mass is 35.5. The maximum absolute atomic E-state index is 13.6. The Morgan fingerprint density at radius 1 is 1.02 bits per heavy atom. The molecule has 6 fully saturated rings. The summed E-state index contributed by atoms with van der Waals surface area (Å²) in [7, 11) is 0. The van der Waals surface area contributed by atoms with Crippen molar-refractivity contribution >= 4 is 11.6 Å². The Morgan fingerprint density at radius 3 is 2.27 bits per heavy atom. The highest BCUT2D eigenvalue weighted by molar-refractivity contribution is 6.24. The van der Waals surface area contributed by atoms with Gasteiger partial charge in [0, 0.05) is 10.4 Å². The number of aryl methyl sites for hydroxylation is 1. The molecule has 1 aromatic rings. The lowest BCUT2D eigenvalue weighted by Crippen LogP contribution is -2.78. The van der Waals surface area contributed by atoms with Crippen LogP contribution in [0.15, 0.2) is 18.2 Å². The Kier molecular flexibility index (Phi) is 7.16. The van der Waals surface area contributed by atoms with E-state index >= 15 is 0 Å². The van der Waals surface area contributed by atoms with Crippen LogP contribution in [0.3, 0.4) is 0 Å². The second-order valence-electron chi connectivity index (χ2n) is 12.0. The van der Waals surface area contributed by atoms with Crippen LogP contribution in [0.2, 0.25) is 0 Å². The van der Waals surface area contributed by atoms with Gasteiger partial charge in [0.2, 0.25) is 6.29 Å². The third kappa shape index (κ3) is 4.37. The van der Waals surface area contributed by atoms with Crippen molar-refractivity contribution in [2.45, 2.75) is 98.6 Å². The number of hydrogen-bond acceptors (Lipinski definition) is 9. The van der Waals surface area contributed by atoms with Crippen LogP contribution in [0.4, 0.5) is 13.2 Å². The van der Waals surface area contributed by atoms with Crippen LogP contribution >= 0.6 is 11.6 Å². The van der Waals surface area contributed by atoms with Crippen LogP contribution in [0, 0.1) is 17.8 Å². The third-order valence-electron chi connectivity index (χ3n) is 9.50. The molecule has 9 nitrogen and oxygen atoms in total. The number of aliphatic hydroxyl groups excluding tert-OH is 4. The first kappa shape index (κ1) is 28.9. The largest absolute Gasteiger partial charge is 0.462 e. The van der Waals surface area contributed by atoms with Crippen molar-refractivity contribution in [3.63, 3.8) is 0 Å². The molecule has 2 aliphatic heterocycles. The average molecular weight is 595 g/mol. The Labute approximate surface area is 234 Å². The van der Waals surface area contributed by atoms with E-state index in [9.17, 15) is 33.6 Å². The topological polar surface area (TPSA) is 127 Å². The second kappa shape index (κ2) is 9.92. The number of ether oxygens (including phenoxy) is 3. The summed E-state index contributed by atoms with van der Waals surface area (Å²) >= 11 is 6.93. The van der Waals surface area contributed by atoms with Gasteiger partial charge in [-0.15, -0.1) is 11.6 Å². The maximum Gasteiger partial charge on any atom is 0.411 e. The predicted molar refractivity (Wildman–Crippen MR) is 131 cm³/mol. The molecule has 2 heterocycles. The van der Waals surface area contributed by atoms with Gasteiger partial charge in [-0.05, 0) is 67.9 Å². The van der Waals surface area contributed by atoms with Crippen LogP contribution in [0.25, 0.3) is 0 Å². The van der Waals surface area contributed by atoms with Crippen LogP contribution in [-0.4, -0.2) is 81.0 Å². The number of rotatable bonds is 7. The fourth-order valence-electron chi connectivity index (χ4n) is 7.89. The monoisotopic (exact) mass is 594 g/mol. The van der Waals surface area contributed by atoms with E-state index in [2.05, 4.69) is 0 Å². The summed E-state index contributed by atoms with van der Waals surface area (Å²) in [5.41, 5.74) is -0.302. The summed E-state index contributed by atoms with van der Waals surface area (Å²) in [6.45, 7) is -0.363. The molecule has 1 aromatic carbocycles. The smallest absolute Gasteiger partial charge is 0.411 e. The standard InChI is InChI=1S/C27H34ClF3O9/c1-2-14-3-4-15(7-18(14)37-23-22(35)21(34)20(33)19(11-32)38-23)27(36-12-25(29,30)31)26(39-40-27)16-5-13-6-17(26)10-24(28,8-13)9-16/h3-4,7,13,16-17,19-23,32-35H,2,5-6,8-12H2,1H3. The first-order chi connectivity index (χ1) is 18.8. The molecule has 224 valence electrons. The molecule has 0 aromatic heterocycles. The van der Waals surface area contributed by atoms with Gasteiger partial charge in [-0.3, -0.25) is 0 Å². The lowest BCUT2D eigenvalue weighted by Gasteiger charge is -2.70. The molecular weight excluding hydrogens is 561 g/mol.